The molecule has 3 heterocycles. The second kappa shape index (κ2) is 6.84. The third-order valence-corrected chi connectivity index (χ3v) is 5.76. The molecule has 1 N–H and O–H groups in total. The molecule has 1 aromatic heterocycles. The van der Waals surface area contributed by atoms with Crippen LogP contribution in [0.3, 0.4) is 0 Å². The molecule has 0 aliphatic carbocycles. The number of hydrogen-bond donors (Lipinski definition) is 1. The molecule has 2 aliphatic rings. The summed E-state index contributed by atoms with van der Waals surface area (Å²) >= 11 is 0. The van der Waals surface area contributed by atoms with Crippen molar-refractivity contribution in [2.45, 2.75) is 18.6 Å². The van der Waals surface area contributed by atoms with Gasteiger partial charge in [-0.3, -0.25) is 9.88 Å². The van der Waals surface area contributed by atoms with E-state index in [1.165, 1.54) is 16.7 Å². The molecular formula is C23H23N3O2. The standard InChI is InChI=1S/C23H23N3O2/c1-27-20-13-15-10-12-26-22(17(15)14-21(20)28-2)16-7-3-4-8-18(16)25-23(26)19-9-5-6-11-24-19/h3-9,11,13-14,22-23,25H,10,12H2,1-2H3/t22-,23-/m1/s1. The Hall–Kier alpha value is -3.05. The molecule has 0 spiro atoms. The van der Waals surface area contributed by atoms with E-state index >= 15 is 0 Å². The van der Waals surface area contributed by atoms with Gasteiger partial charge in [0.05, 0.1) is 26.0 Å². The van der Waals surface area contributed by atoms with Gasteiger partial charge in [0, 0.05) is 18.4 Å². The Morgan fingerprint density at radius 2 is 1.75 bits per heavy atom. The van der Waals surface area contributed by atoms with E-state index in [0.29, 0.717) is 0 Å². The van der Waals surface area contributed by atoms with Crippen LogP contribution in [-0.4, -0.2) is 30.6 Å². The fourth-order valence-corrected chi connectivity index (χ4v) is 4.47. The van der Waals surface area contributed by atoms with Crippen molar-refractivity contribution >= 4 is 5.69 Å². The summed E-state index contributed by atoms with van der Waals surface area (Å²) < 4.78 is 11.1. The van der Waals surface area contributed by atoms with Gasteiger partial charge in [0.15, 0.2) is 11.5 Å². The lowest BCUT2D eigenvalue weighted by Gasteiger charge is -2.47. The summed E-state index contributed by atoms with van der Waals surface area (Å²) in [5.74, 6) is 1.56. The van der Waals surface area contributed by atoms with Crippen molar-refractivity contribution in [2.24, 2.45) is 0 Å². The Labute approximate surface area is 164 Å². The quantitative estimate of drug-likeness (QED) is 0.747. The first-order valence-electron chi connectivity index (χ1n) is 9.57. The first-order chi connectivity index (χ1) is 13.8. The highest BCUT2D eigenvalue weighted by Gasteiger charge is 2.40. The van der Waals surface area contributed by atoms with Crippen molar-refractivity contribution < 1.29 is 9.47 Å². The van der Waals surface area contributed by atoms with E-state index in [1.807, 2.05) is 18.3 Å². The van der Waals surface area contributed by atoms with E-state index in [1.54, 1.807) is 14.2 Å². The highest BCUT2D eigenvalue weighted by molar-refractivity contribution is 5.61. The number of nitrogens with one attached hydrogen (secondary N) is 1. The molecule has 5 rings (SSSR count). The SMILES string of the molecule is COc1cc2c(cc1OC)[C@H]1c3ccccc3N[C@@H](c3ccccn3)N1CC2. The van der Waals surface area contributed by atoms with Gasteiger partial charge in [0.2, 0.25) is 0 Å². The van der Waals surface area contributed by atoms with Crippen molar-refractivity contribution in [3.63, 3.8) is 0 Å². The van der Waals surface area contributed by atoms with Gasteiger partial charge in [-0.25, -0.2) is 0 Å². The van der Waals surface area contributed by atoms with Crippen LogP contribution in [-0.2, 0) is 6.42 Å². The minimum absolute atomic E-state index is 0.0300. The van der Waals surface area contributed by atoms with E-state index in [-0.39, 0.29) is 12.2 Å². The average molecular weight is 373 g/mol. The summed E-state index contributed by atoms with van der Waals surface area (Å²) in [5.41, 5.74) is 6.06. The summed E-state index contributed by atoms with van der Waals surface area (Å²) in [4.78, 5) is 7.13. The Morgan fingerprint density at radius 1 is 0.964 bits per heavy atom. The van der Waals surface area contributed by atoms with Crippen molar-refractivity contribution in [1.29, 1.82) is 0 Å². The highest BCUT2D eigenvalue weighted by Crippen LogP contribution is 2.48. The van der Waals surface area contributed by atoms with Crippen LogP contribution in [0.25, 0.3) is 0 Å². The molecule has 3 aromatic rings. The van der Waals surface area contributed by atoms with Gasteiger partial charge in [0.25, 0.3) is 0 Å². The zero-order valence-electron chi connectivity index (χ0n) is 16.1. The van der Waals surface area contributed by atoms with Crippen molar-refractivity contribution in [2.75, 3.05) is 26.1 Å². The van der Waals surface area contributed by atoms with Gasteiger partial charge < -0.3 is 14.8 Å². The number of pyridine rings is 1. The molecule has 0 amide bonds. The Bertz CT molecular complexity index is 1010. The first kappa shape index (κ1) is 17.1. The summed E-state index contributed by atoms with van der Waals surface area (Å²) in [5, 5.41) is 3.70. The minimum atomic E-state index is 0.0300. The van der Waals surface area contributed by atoms with Gasteiger partial charge >= 0.3 is 0 Å². The van der Waals surface area contributed by atoms with Crippen LogP contribution in [0.2, 0.25) is 0 Å². The summed E-state index contributed by atoms with van der Waals surface area (Å²) in [6.45, 7) is 0.940. The molecule has 2 aromatic carbocycles. The fourth-order valence-electron chi connectivity index (χ4n) is 4.47. The summed E-state index contributed by atoms with van der Waals surface area (Å²) in [6, 6.07) is 19.1. The van der Waals surface area contributed by atoms with Crippen LogP contribution >= 0.6 is 0 Å². The highest BCUT2D eigenvalue weighted by atomic mass is 16.5. The maximum Gasteiger partial charge on any atom is 0.161 e. The molecule has 2 atom stereocenters. The van der Waals surface area contributed by atoms with E-state index < -0.39 is 0 Å². The lowest BCUT2D eigenvalue weighted by atomic mass is 9.84. The van der Waals surface area contributed by atoms with Crippen LogP contribution in [0, 0.1) is 0 Å². The number of hydrogen-bond acceptors (Lipinski definition) is 5. The van der Waals surface area contributed by atoms with Gasteiger partial charge in [-0.15, -0.1) is 0 Å². The predicted octanol–water partition coefficient (Wildman–Crippen LogP) is 4.17. The Balaban J connectivity index is 1.69. The number of para-hydroxylation sites is 1. The topological polar surface area (TPSA) is 46.6 Å². The smallest absolute Gasteiger partial charge is 0.161 e. The molecule has 5 nitrogen and oxygen atoms in total. The normalized spacial score (nSPS) is 20.4. The molecular weight excluding hydrogens is 350 g/mol. The Kier molecular flexibility index (Phi) is 4.17. The first-order valence-corrected chi connectivity index (χ1v) is 9.57. The van der Waals surface area contributed by atoms with E-state index in [2.05, 4.69) is 57.7 Å². The third-order valence-electron chi connectivity index (χ3n) is 5.76. The summed E-state index contributed by atoms with van der Waals surface area (Å²) in [6.07, 6.45) is 2.85. The van der Waals surface area contributed by atoms with Crippen molar-refractivity contribution in [1.82, 2.24) is 9.88 Å². The molecule has 0 unspecified atom stereocenters. The van der Waals surface area contributed by atoms with Crippen LogP contribution < -0.4 is 14.8 Å². The number of aromatic nitrogens is 1. The van der Waals surface area contributed by atoms with Gasteiger partial charge in [-0.05, 0) is 53.4 Å². The van der Waals surface area contributed by atoms with Crippen LogP contribution in [0.5, 0.6) is 11.5 Å². The monoisotopic (exact) mass is 373 g/mol. The van der Waals surface area contributed by atoms with Crippen LogP contribution in [0.15, 0.2) is 60.8 Å². The average Bonchev–Trinajstić information content (AvgIpc) is 2.77. The molecule has 0 saturated heterocycles. The predicted molar refractivity (Wildman–Crippen MR) is 109 cm³/mol. The van der Waals surface area contributed by atoms with E-state index in [0.717, 1.165) is 35.8 Å². The molecule has 0 fully saturated rings. The number of fused-ring (bicyclic) bond motifs is 5. The summed E-state index contributed by atoms with van der Waals surface area (Å²) in [7, 11) is 3.38. The molecule has 5 heteroatoms. The largest absolute Gasteiger partial charge is 0.493 e. The molecule has 2 aliphatic heterocycles. The number of anilines is 1. The minimum Gasteiger partial charge on any atom is -0.493 e. The third kappa shape index (κ3) is 2.62. The van der Waals surface area contributed by atoms with Crippen molar-refractivity contribution in [3.05, 3.63) is 83.2 Å². The molecule has 0 bridgehead atoms. The number of rotatable bonds is 3. The zero-order chi connectivity index (χ0) is 19.1. The van der Waals surface area contributed by atoms with Gasteiger partial charge in [0.1, 0.15) is 6.17 Å². The maximum absolute atomic E-state index is 5.61. The van der Waals surface area contributed by atoms with Crippen LogP contribution in [0.1, 0.15) is 34.6 Å². The molecule has 28 heavy (non-hydrogen) atoms. The molecule has 0 radical (unpaired) electrons. The lowest BCUT2D eigenvalue weighted by Crippen LogP contribution is -2.45. The second-order valence-corrected chi connectivity index (χ2v) is 7.19. The van der Waals surface area contributed by atoms with Crippen LogP contribution in [0.4, 0.5) is 5.69 Å². The second-order valence-electron chi connectivity index (χ2n) is 7.19. The zero-order valence-corrected chi connectivity index (χ0v) is 16.1. The number of nitrogens with zero attached hydrogens (tertiary/aromatic N) is 2. The fraction of sp³-hybridized carbons (Fsp3) is 0.261. The molecule has 142 valence electrons. The lowest BCUT2D eigenvalue weighted by molar-refractivity contribution is 0.150. The van der Waals surface area contributed by atoms with Crippen molar-refractivity contribution in [3.8, 4) is 11.5 Å². The number of benzene rings is 2. The van der Waals surface area contributed by atoms with E-state index in [9.17, 15) is 0 Å². The van der Waals surface area contributed by atoms with E-state index in [4.69, 9.17) is 9.47 Å². The Morgan fingerprint density at radius 3 is 2.54 bits per heavy atom. The number of methoxy groups -OCH3 is 2. The van der Waals surface area contributed by atoms with Gasteiger partial charge in [-0.2, -0.15) is 0 Å². The number of ether oxygens (including phenoxy) is 2. The maximum atomic E-state index is 5.61. The molecule has 0 saturated carbocycles. The van der Waals surface area contributed by atoms with Gasteiger partial charge in [-0.1, -0.05) is 24.3 Å².